The normalized spacial score (nSPS) is 50.5. The summed E-state index contributed by atoms with van der Waals surface area (Å²) in [6.07, 6.45) is -1.19. The quantitative estimate of drug-likeness (QED) is 0.892. The van der Waals surface area contributed by atoms with Gasteiger partial charge in [-0.25, -0.2) is 0 Å². The van der Waals surface area contributed by atoms with E-state index in [9.17, 15) is 5.11 Å². The lowest BCUT2D eigenvalue weighted by Gasteiger charge is -2.53. The van der Waals surface area contributed by atoms with Crippen molar-refractivity contribution < 1.29 is 28.8 Å². The molecule has 6 heteroatoms. The maximum absolute atomic E-state index is 9.97. The monoisotopic (exact) mass is 336 g/mol. The molecule has 1 N–H and O–H groups in total. The number of ether oxygens (including phenoxy) is 5. The van der Waals surface area contributed by atoms with Gasteiger partial charge in [-0.3, -0.25) is 0 Å². The van der Waals surface area contributed by atoms with Gasteiger partial charge in [0.25, 0.3) is 0 Å². The molecule has 1 aromatic rings. The van der Waals surface area contributed by atoms with E-state index < -0.39 is 35.0 Å². The summed E-state index contributed by atoms with van der Waals surface area (Å²) in [4.78, 5) is 0. The maximum Gasteiger partial charge on any atom is 0.200 e. The molecule has 1 aromatic carbocycles. The number of hydrogen-bond acceptors (Lipinski definition) is 6. The predicted molar refractivity (Wildman–Crippen MR) is 84.0 cm³/mol. The van der Waals surface area contributed by atoms with Crippen LogP contribution in [0.2, 0.25) is 0 Å². The van der Waals surface area contributed by atoms with Crippen LogP contribution in [-0.4, -0.2) is 47.2 Å². The predicted octanol–water partition coefficient (Wildman–Crippen LogP) is 2.12. The lowest BCUT2D eigenvalue weighted by Crippen LogP contribution is -2.69. The fourth-order valence-corrected chi connectivity index (χ4v) is 4.30. The molecule has 3 saturated heterocycles. The van der Waals surface area contributed by atoms with Gasteiger partial charge in [-0.15, -0.1) is 0 Å². The zero-order valence-electron chi connectivity index (χ0n) is 14.4. The van der Waals surface area contributed by atoms with E-state index in [4.69, 9.17) is 23.7 Å². The Kier molecular flexibility index (Phi) is 3.43. The molecule has 132 valence electrons. The van der Waals surface area contributed by atoms with Crippen LogP contribution in [0.25, 0.3) is 0 Å². The molecule has 3 aliphatic heterocycles. The number of rotatable bonds is 2. The van der Waals surface area contributed by atoms with Gasteiger partial charge in [0, 0.05) is 5.56 Å². The van der Waals surface area contributed by atoms with Crippen LogP contribution in [0.4, 0.5) is 0 Å². The second kappa shape index (κ2) is 5.00. The lowest BCUT2D eigenvalue weighted by molar-refractivity contribution is -0.374. The van der Waals surface area contributed by atoms with Crippen molar-refractivity contribution in [2.75, 3.05) is 13.4 Å². The Hall–Kier alpha value is -1.02. The standard InChI is InChI=1S/C18H24O6/c1-15-13(10-19)22-14(12-8-6-5-7-9-12)23-16(15,2)17(3)18(4,24-15)21-11-20-17/h5-9,13-14,19H,10-11H2,1-4H3/t13?,14?,15-,16+,17?,18+/m1/s1. The molecule has 0 saturated carbocycles. The van der Waals surface area contributed by atoms with Crippen LogP contribution >= 0.6 is 0 Å². The maximum atomic E-state index is 9.97. The number of aliphatic hydroxyl groups is 1. The van der Waals surface area contributed by atoms with E-state index in [0.717, 1.165) is 5.56 Å². The molecule has 3 aliphatic rings. The van der Waals surface area contributed by atoms with E-state index in [2.05, 4.69) is 0 Å². The largest absolute Gasteiger partial charge is 0.394 e. The summed E-state index contributed by atoms with van der Waals surface area (Å²) < 4.78 is 30.5. The first-order valence-electron chi connectivity index (χ1n) is 8.27. The highest BCUT2D eigenvalue weighted by Gasteiger charge is 2.81. The van der Waals surface area contributed by atoms with Crippen molar-refractivity contribution in [3.63, 3.8) is 0 Å². The molecule has 6 nitrogen and oxygen atoms in total. The summed E-state index contributed by atoms with van der Waals surface area (Å²) in [6.45, 7) is 7.58. The molecule has 0 radical (unpaired) electrons. The highest BCUT2D eigenvalue weighted by atomic mass is 16.9. The van der Waals surface area contributed by atoms with Gasteiger partial charge < -0.3 is 28.8 Å². The molecule has 24 heavy (non-hydrogen) atoms. The molecule has 3 heterocycles. The number of aliphatic hydroxyl groups excluding tert-OH is 1. The third-order valence-electron chi connectivity index (χ3n) is 6.30. The summed E-state index contributed by atoms with van der Waals surface area (Å²) in [6, 6.07) is 9.67. The summed E-state index contributed by atoms with van der Waals surface area (Å²) in [5.41, 5.74) is -1.75. The zero-order chi connectivity index (χ0) is 17.2. The van der Waals surface area contributed by atoms with E-state index >= 15 is 0 Å². The molecule has 3 fully saturated rings. The highest BCUT2D eigenvalue weighted by Crippen LogP contribution is 2.63. The zero-order valence-corrected chi connectivity index (χ0v) is 14.4. The van der Waals surface area contributed by atoms with Crippen molar-refractivity contribution in [2.45, 2.75) is 62.7 Å². The first kappa shape index (κ1) is 16.4. The average molecular weight is 336 g/mol. The Labute approximate surface area is 141 Å². The number of benzene rings is 1. The van der Waals surface area contributed by atoms with E-state index in [1.54, 1.807) is 0 Å². The molecule has 3 unspecified atom stereocenters. The van der Waals surface area contributed by atoms with Crippen LogP contribution in [-0.2, 0) is 23.7 Å². The van der Waals surface area contributed by atoms with Crippen molar-refractivity contribution >= 4 is 0 Å². The third kappa shape index (κ3) is 1.76. The molecular formula is C18H24O6. The molecule has 0 bridgehead atoms. The first-order chi connectivity index (χ1) is 11.3. The molecule has 0 spiro atoms. The van der Waals surface area contributed by atoms with E-state index in [1.807, 2.05) is 58.0 Å². The second-order valence-electron chi connectivity index (χ2n) is 7.30. The van der Waals surface area contributed by atoms with Crippen molar-refractivity contribution in [3.05, 3.63) is 35.9 Å². The number of hydrogen-bond donors (Lipinski definition) is 1. The van der Waals surface area contributed by atoms with Crippen LogP contribution in [0.3, 0.4) is 0 Å². The summed E-state index contributed by atoms with van der Waals surface area (Å²) in [5, 5.41) is 9.97. The van der Waals surface area contributed by atoms with E-state index in [0.29, 0.717) is 0 Å². The van der Waals surface area contributed by atoms with E-state index in [1.165, 1.54) is 0 Å². The van der Waals surface area contributed by atoms with Gasteiger partial charge in [-0.05, 0) is 27.7 Å². The molecule has 0 aromatic heterocycles. The minimum absolute atomic E-state index is 0.142. The minimum atomic E-state index is -0.973. The summed E-state index contributed by atoms with van der Waals surface area (Å²) in [5.74, 6) is -0.973. The van der Waals surface area contributed by atoms with Gasteiger partial charge in [0.05, 0.1) is 6.61 Å². The smallest absolute Gasteiger partial charge is 0.200 e. The van der Waals surface area contributed by atoms with Gasteiger partial charge in [0.1, 0.15) is 17.3 Å². The summed E-state index contributed by atoms with van der Waals surface area (Å²) >= 11 is 0. The van der Waals surface area contributed by atoms with Crippen LogP contribution < -0.4 is 0 Å². The molecule has 6 atom stereocenters. The molecular weight excluding hydrogens is 312 g/mol. The second-order valence-corrected chi connectivity index (χ2v) is 7.30. The Morgan fingerprint density at radius 1 is 1.04 bits per heavy atom. The van der Waals surface area contributed by atoms with Gasteiger partial charge in [-0.1, -0.05) is 30.3 Å². The Morgan fingerprint density at radius 3 is 2.42 bits per heavy atom. The Morgan fingerprint density at radius 2 is 1.75 bits per heavy atom. The average Bonchev–Trinajstić information content (AvgIpc) is 2.92. The van der Waals surface area contributed by atoms with Gasteiger partial charge >= 0.3 is 0 Å². The van der Waals surface area contributed by atoms with Gasteiger partial charge in [0.15, 0.2) is 18.7 Å². The van der Waals surface area contributed by atoms with Gasteiger partial charge in [-0.2, -0.15) is 0 Å². The molecule has 0 aliphatic carbocycles. The Balaban J connectivity index is 1.81. The van der Waals surface area contributed by atoms with Crippen molar-refractivity contribution in [2.24, 2.45) is 0 Å². The fourth-order valence-electron chi connectivity index (χ4n) is 4.30. The van der Waals surface area contributed by atoms with Gasteiger partial charge in [0.2, 0.25) is 5.79 Å². The number of fused-ring (bicyclic) bond motifs is 3. The molecule has 4 rings (SSSR count). The minimum Gasteiger partial charge on any atom is -0.394 e. The van der Waals surface area contributed by atoms with E-state index in [-0.39, 0.29) is 13.4 Å². The van der Waals surface area contributed by atoms with Crippen molar-refractivity contribution in [1.29, 1.82) is 0 Å². The first-order valence-corrected chi connectivity index (χ1v) is 8.27. The van der Waals surface area contributed by atoms with Crippen LogP contribution in [0, 0.1) is 0 Å². The SMILES string of the molecule is CC12OCO[C@@]1(C)O[C@]1(C)C(CO)OC(c3ccccc3)O[C@]21C. The van der Waals surface area contributed by atoms with Crippen molar-refractivity contribution in [3.8, 4) is 0 Å². The third-order valence-corrected chi connectivity index (χ3v) is 6.30. The van der Waals surface area contributed by atoms with Crippen LogP contribution in [0.1, 0.15) is 39.5 Å². The fraction of sp³-hybridized carbons (Fsp3) is 0.667. The summed E-state index contributed by atoms with van der Waals surface area (Å²) in [7, 11) is 0. The van der Waals surface area contributed by atoms with Crippen LogP contribution in [0.5, 0.6) is 0 Å². The molecule has 0 amide bonds. The topological polar surface area (TPSA) is 66.4 Å². The Bertz CT molecular complexity index is 638. The highest BCUT2D eigenvalue weighted by molar-refractivity contribution is 5.26. The van der Waals surface area contributed by atoms with Crippen molar-refractivity contribution in [1.82, 2.24) is 0 Å². The van der Waals surface area contributed by atoms with Crippen LogP contribution in [0.15, 0.2) is 30.3 Å². The lowest BCUT2D eigenvalue weighted by atomic mass is 9.70.